The van der Waals surface area contributed by atoms with E-state index in [2.05, 4.69) is 15.3 Å². The Morgan fingerprint density at radius 2 is 2.00 bits per heavy atom. The minimum atomic E-state index is -0.258. The number of methoxy groups -OCH3 is 1. The molecular formula is C15H13N3O2S2. The lowest BCUT2D eigenvalue weighted by Crippen LogP contribution is -2.12. The van der Waals surface area contributed by atoms with Crippen molar-refractivity contribution >= 4 is 33.7 Å². The lowest BCUT2D eigenvalue weighted by molar-refractivity contribution is 0.102. The summed E-state index contributed by atoms with van der Waals surface area (Å²) in [5, 5.41) is 7.70. The number of anilines is 1. The molecule has 1 amide bonds. The largest absolute Gasteiger partial charge is 0.496 e. The average molecular weight is 331 g/mol. The number of hydrogen-bond donors (Lipinski definition) is 1. The van der Waals surface area contributed by atoms with Gasteiger partial charge in [-0.2, -0.15) is 0 Å². The van der Waals surface area contributed by atoms with Crippen LogP contribution in [-0.4, -0.2) is 23.0 Å². The van der Waals surface area contributed by atoms with E-state index in [0.29, 0.717) is 10.8 Å². The number of para-hydroxylation sites is 1. The van der Waals surface area contributed by atoms with Gasteiger partial charge in [0.15, 0.2) is 5.13 Å². The third kappa shape index (κ3) is 3.00. The van der Waals surface area contributed by atoms with Crippen molar-refractivity contribution in [3.05, 3.63) is 46.4 Å². The molecule has 7 heteroatoms. The molecular weight excluding hydrogens is 318 g/mol. The number of amides is 1. The number of nitrogens with one attached hydrogen (secondary N) is 1. The number of benzene rings is 1. The van der Waals surface area contributed by atoms with Crippen molar-refractivity contribution in [3.63, 3.8) is 0 Å². The van der Waals surface area contributed by atoms with E-state index in [0.717, 1.165) is 22.0 Å². The number of hydrogen-bond acceptors (Lipinski definition) is 6. The fraction of sp³-hybridized carbons (Fsp3) is 0.133. The first kappa shape index (κ1) is 14.7. The highest BCUT2D eigenvalue weighted by Gasteiger charge is 2.15. The van der Waals surface area contributed by atoms with Crippen LogP contribution in [0.25, 0.3) is 10.6 Å². The summed E-state index contributed by atoms with van der Waals surface area (Å²) in [6, 6.07) is 7.60. The summed E-state index contributed by atoms with van der Waals surface area (Å²) in [4.78, 5) is 20.8. The highest BCUT2D eigenvalue weighted by molar-refractivity contribution is 7.14. The van der Waals surface area contributed by atoms with Crippen LogP contribution >= 0.6 is 22.7 Å². The molecule has 0 saturated heterocycles. The molecule has 5 nitrogen and oxygen atoms in total. The van der Waals surface area contributed by atoms with Gasteiger partial charge in [-0.05, 0) is 19.1 Å². The molecule has 0 aliphatic carbocycles. The van der Waals surface area contributed by atoms with Gasteiger partial charge < -0.3 is 4.74 Å². The van der Waals surface area contributed by atoms with E-state index >= 15 is 0 Å². The average Bonchev–Trinajstić information content (AvgIpc) is 3.16. The topological polar surface area (TPSA) is 64.1 Å². The third-order valence-electron chi connectivity index (χ3n) is 2.91. The van der Waals surface area contributed by atoms with E-state index in [-0.39, 0.29) is 5.91 Å². The summed E-state index contributed by atoms with van der Waals surface area (Å²) in [5.41, 5.74) is 2.13. The standard InChI is InChI=1S/C15H13N3O2S2/c1-9-7-22-15(16-9)18-13(19)11-8-21-14(17-11)10-5-3-4-6-12(10)20-2/h3-8H,1-2H3,(H,16,18,19). The minimum absolute atomic E-state index is 0.258. The number of aromatic nitrogens is 2. The predicted molar refractivity (Wildman–Crippen MR) is 88.9 cm³/mol. The zero-order valence-corrected chi connectivity index (χ0v) is 13.6. The van der Waals surface area contributed by atoms with Gasteiger partial charge in [-0.3, -0.25) is 10.1 Å². The highest BCUT2D eigenvalue weighted by atomic mass is 32.1. The van der Waals surface area contributed by atoms with Gasteiger partial charge in [0, 0.05) is 10.8 Å². The lowest BCUT2D eigenvalue weighted by atomic mass is 10.2. The molecule has 3 rings (SSSR count). The summed E-state index contributed by atoms with van der Waals surface area (Å²) >= 11 is 2.80. The zero-order chi connectivity index (χ0) is 15.5. The lowest BCUT2D eigenvalue weighted by Gasteiger charge is -2.04. The van der Waals surface area contributed by atoms with Gasteiger partial charge in [-0.15, -0.1) is 22.7 Å². The van der Waals surface area contributed by atoms with Crippen molar-refractivity contribution in [1.82, 2.24) is 9.97 Å². The first-order valence-electron chi connectivity index (χ1n) is 6.50. The van der Waals surface area contributed by atoms with Crippen LogP contribution in [0, 0.1) is 6.92 Å². The molecule has 0 spiro atoms. The van der Waals surface area contributed by atoms with Crippen molar-refractivity contribution < 1.29 is 9.53 Å². The quantitative estimate of drug-likeness (QED) is 0.789. The number of rotatable bonds is 4. The maximum Gasteiger partial charge on any atom is 0.276 e. The number of carbonyl (C=O) groups excluding carboxylic acids is 1. The van der Waals surface area contributed by atoms with Crippen LogP contribution in [-0.2, 0) is 0 Å². The smallest absolute Gasteiger partial charge is 0.276 e. The number of aryl methyl sites for hydroxylation is 1. The van der Waals surface area contributed by atoms with Crippen molar-refractivity contribution in [2.24, 2.45) is 0 Å². The summed E-state index contributed by atoms with van der Waals surface area (Å²) < 4.78 is 5.33. The van der Waals surface area contributed by atoms with Crippen LogP contribution in [0.4, 0.5) is 5.13 Å². The molecule has 112 valence electrons. The molecule has 0 aliphatic rings. The molecule has 0 saturated carbocycles. The Hall–Kier alpha value is -2.25. The van der Waals surface area contributed by atoms with Crippen LogP contribution in [0.5, 0.6) is 5.75 Å². The van der Waals surface area contributed by atoms with Crippen molar-refractivity contribution in [1.29, 1.82) is 0 Å². The summed E-state index contributed by atoms with van der Waals surface area (Å²) in [6.07, 6.45) is 0. The molecule has 1 N–H and O–H groups in total. The van der Waals surface area contributed by atoms with Gasteiger partial charge in [-0.25, -0.2) is 9.97 Å². The van der Waals surface area contributed by atoms with Crippen LogP contribution < -0.4 is 10.1 Å². The van der Waals surface area contributed by atoms with Gasteiger partial charge in [0.25, 0.3) is 5.91 Å². The zero-order valence-electron chi connectivity index (χ0n) is 12.0. The van der Waals surface area contributed by atoms with Gasteiger partial charge in [0.05, 0.1) is 18.4 Å². The van der Waals surface area contributed by atoms with Crippen LogP contribution in [0.3, 0.4) is 0 Å². The molecule has 3 aromatic rings. The number of nitrogens with zero attached hydrogens (tertiary/aromatic N) is 2. The van der Waals surface area contributed by atoms with Gasteiger partial charge in [-0.1, -0.05) is 12.1 Å². The van der Waals surface area contributed by atoms with Gasteiger partial charge in [0.1, 0.15) is 16.5 Å². The Morgan fingerprint density at radius 1 is 1.18 bits per heavy atom. The van der Waals surface area contributed by atoms with E-state index in [9.17, 15) is 4.79 Å². The third-order valence-corrected chi connectivity index (χ3v) is 4.66. The Morgan fingerprint density at radius 3 is 2.73 bits per heavy atom. The molecule has 0 atom stereocenters. The Labute approximate surface area is 135 Å². The van der Waals surface area contributed by atoms with E-state index < -0.39 is 0 Å². The Kier molecular flexibility index (Phi) is 4.17. The van der Waals surface area contributed by atoms with Gasteiger partial charge in [0.2, 0.25) is 0 Å². The van der Waals surface area contributed by atoms with Crippen LogP contribution in [0.1, 0.15) is 16.2 Å². The van der Waals surface area contributed by atoms with Crippen molar-refractivity contribution in [3.8, 4) is 16.3 Å². The molecule has 2 aromatic heterocycles. The predicted octanol–water partition coefficient (Wildman–Crippen LogP) is 3.84. The molecule has 2 heterocycles. The van der Waals surface area contributed by atoms with E-state index in [1.54, 1.807) is 12.5 Å². The molecule has 1 aromatic carbocycles. The summed E-state index contributed by atoms with van der Waals surface area (Å²) in [6.45, 7) is 1.88. The molecule has 22 heavy (non-hydrogen) atoms. The number of carbonyl (C=O) groups is 1. The fourth-order valence-electron chi connectivity index (χ4n) is 1.90. The van der Waals surface area contributed by atoms with E-state index in [4.69, 9.17) is 4.74 Å². The normalized spacial score (nSPS) is 10.5. The minimum Gasteiger partial charge on any atom is -0.496 e. The maximum absolute atomic E-state index is 12.2. The monoisotopic (exact) mass is 331 g/mol. The van der Waals surface area contributed by atoms with E-state index in [1.165, 1.54) is 22.7 Å². The number of ether oxygens (including phenoxy) is 1. The second-order valence-electron chi connectivity index (χ2n) is 4.49. The molecule has 0 aliphatic heterocycles. The second kappa shape index (κ2) is 6.25. The fourth-order valence-corrected chi connectivity index (χ4v) is 3.41. The molecule has 0 fully saturated rings. The molecule has 0 bridgehead atoms. The summed E-state index contributed by atoms with van der Waals surface area (Å²) in [5.74, 6) is 0.478. The van der Waals surface area contributed by atoms with Crippen LogP contribution in [0.2, 0.25) is 0 Å². The van der Waals surface area contributed by atoms with Crippen molar-refractivity contribution in [2.45, 2.75) is 6.92 Å². The SMILES string of the molecule is COc1ccccc1-c1nc(C(=O)Nc2nc(C)cs2)cs1. The highest BCUT2D eigenvalue weighted by Crippen LogP contribution is 2.32. The molecule has 0 radical (unpaired) electrons. The first-order chi connectivity index (χ1) is 10.7. The summed E-state index contributed by atoms with van der Waals surface area (Å²) in [7, 11) is 1.62. The van der Waals surface area contributed by atoms with Crippen LogP contribution in [0.15, 0.2) is 35.0 Å². The second-order valence-corrected chi connectivity index (χ2v) is 6.20. The van der Waals surface area contributed by atoms with E-state index in [1.807, 2.05) is 36.6 Å². The van der Waals surface area contributed by atoms with Crippen molar-refractivity contribution in [2.75, 3.05) is 12.4 Å². The Balaban J connectivity index is 1.82. The molecule has 0 unspecified atom stereocenters. The number of thiazole rings is 2. The maximum atomic E-state index is 12.2. The Bertz CT molecular complexity index is 810. The van der Waals surface area contributed by atoms with Gasteiger partial charge >= 0.3 is 0 Å². The first-order valence-corrected chi connectivity index (χ1v) is 8.25.